The van der Waals surface area contributed by atoms with Crippen LogP contribution in [-0.4, -0.2) is 43.7 Å². The van der Waals surface area contributed by atoms with E-state index in [9.17, 15) is 4.79 Å². The Morgan fingerprint density at radius 3 is 2.65 bits per heavy atom. The minimum atomic E-state index is 0.0746. The summed E-state index contributed by atoms with van der Waals surface area (Å²) in [5, 5.41) is 0. The van der Waals surface area contributed by atoms with Crippen LogP contribution in [0.15, 0.2) is 0 Å². The lowest BCUT2D eigenvalue weighted by atomic mass is 9.84. The highest BCUT2D eigenvalue weighted by molar-refractivity contribution is 5.80. The average molecular weight is 240 g/mol. The molecular weight excluding hydrogens is 216 g/mol. The number of ether oxygens (including phenoxy) is 1. The molecule has 0 aromatic rings. The third kappa shape index (κ3) is 2.33. The molecule has 2 aliphatic carbocycles. The molecule has 2 aliphatic rings. The molecule has 2 N–H and O–H groups in total. The van der Waals surface area contributed by atoms with Gasteiger partial charge in [-0.3, -0.25) is 4.79 Å². The van der Waals surface area contributed by atoms with E-state index in [1.54, 1.807) is 7.11 Å². The van der Waals surface area contributed by atoms with Gasteiger partial charge in [-0.15, -0.1) is 0 Å². The van der Waals surface area contributed by atoms with E-state index in [4.69, 9.17) is 10.5 Å². The maximum absolute atomic E-state index is 12.5. The van der Waals surface area contributed by atoms with E-state index in [1.807, 2.05) is 11.8 Å². The van der Waals surface area contributed by atoms with E-state index in [1.165, 1.54) is 19.3 Å². The maximum atomic E-state index is 12.5. The van der Waals surface area contributed by atoms with E-state index in [2.05, 4.69) is 0 Å². The number of amides is 1. The SMILES string of the molecule is CCN(CCOC)C(=O)C1C2CCC(C2)C1N. The topological polar surface area (TPSA) is 55.6 Å². The van der Waals surface area contributed by atoms with Gasteiger partial charge in [-0.2, -0.15) is 0 Å². The van der Waals surface area contributed by atoms with Crippen molar-refractivity contribution in [3.05, 3.63) is 0 Å². The van der Waals surface area contributed by atoms with Crippen LogP contribution in [-0.2, 0) is 9.53 Å². The molecule has 0 spiro atoms. The second-order valence-electron chi connectivity index (χ2n) is 5.35. The molecule has 2 fully saturated rings. The molecule has 0 aromatic heterocycles. The quantitative estimate of drug-likeness (QED) is 0.775. The minimum Gasteiger partial charge on any atom is -0.383 e. The van der Waals surface area contributed by atoms with Crippen molar-refractivity contribution in [2.24, 2.45) is 23.5 Å². The Kier molecular flexibility index (Phi) is 4.05. The number of carbonyl (C=O) groups excluding carboxylic acids is 1. The van der Waals surface area contributed by atoms with Gasteiger partial charge in [-0.25, -0.2) is 0 Å². The number of rotatable bonds is 5. The van der Waals surface area contributed by atoms with Crippen molar-refractivity contribution in [2.75, 3.05) is 26.8 Å². The van der Waals surface area contributed by atoms with Crippen molar-refractivity contribution in [1.82, 2.24) is 4.90 Å². The molecule has 4 heteroatoms. The number of nitrogens with zero attached hydrogens (tertiary/aromatic N) is 1. The van der Waals surface area contributed by atoms with Crippen molar-refractivity contribution in [3.63, 3.8) is 0 Å². The van der Waals surface area contributed by atoms with Crippen molar-refractivity contribution in [1.29, 1.82) is 0 Å². The van der Waals surface area contributed by atoms with Gasteiger partial charge in [-0.1, -0.05) is 0 Å². The zero-order valence-electron chi connectivity index (χ0n) is 10.9. The highest BCUT2D eigenvalue weighted by Gasteiger charge is 2.49. The van der Waals surface area contributed by atoms with Gasteiger partial charge in [0.05, 0.1) is 12.5 Å². The van der Waals surface area contributed by atoms with Crippen LogP contribution in [0, 0.1) is 17.8 Å². The number of methoxy groups -OCH3 is 1. The lowest BCUT2D eigenvalue weighted by molar-refractivity contribution is -0.138. The lowest BCUT2D eigenvalue weighted by Gasteiger charge is -2.32. The molecule has 0 aromatic carbocycles. The first-order valence-corrected chi connectivity index (χ1v) is 6.72. The summed E-state index contributed by atoms with van der Waals surface area (Å²) < 4.78 is 5.05. The summed E-state index contributed by atoms with van der Waals surface area (Å²) in [5.74, 6) is 1.46. The Labute approximate surface area is 103 Å². The van der Waals surface area contributed by atoms with Gasteiger partial charge in [0, 0.05) is 26.2 Å². The first-order chi connectivity index (χ1) is 8.19. The highest BCUT2D eigenvalue weighted by atomic mass is 16.5. The summed E-state index contributed by atoms with van der Waals surface area (Å²) >= 11 is 0. The molecular formula is C13H24N2O2. The maximum Gasteiger partial charge on any atom is 0.227 e. The fraction of sp³-hybridized carbons (Fsp3) is 0.923. The molecule has 98 valence electrons. The molecule has 2 saturated carbocycles. The largest absolute Gasteiger partial charge is 0.383 e. The molecule has 17 heavy (non-hydrogen) atoms. The molecule has 2 rings (SSSR count). The van der Waals surface area contributed by atoms with Crippen molar-refractivity contribution in [2.45, 2.75) is 32.2 Å². The van der Waals surface area contributed by atoms with Crippen LogP contribution >= 0.6 is 0 Å². The molecule has 1 amide bonds. The molecule has 4 nitrogen and oxygen atoms in total. The molecule has 0 saturated heterocycles. The number of likely N-dealkylation sites (N-methyl/N-ethyl adjacent to an activating group) is 1. The van der Waals surface area contributed by atoms with E-state index in [0.717, 1.165) is 6.54 Å². The van der Waals surface area contributed by atoms with E-state index in [0.29, 0.717) is 25.0 Å². The van der Waals surface area contributed by atoms with E-state index in [-0.39, 0.29) is 17.9 Å². The van der Waals surface area contributed by atoms with Crippen LogP contribution < -0.4 is 5.73 Å². The van der Waals surface area contributed by atoms with Gasteiger partial charge in [0.2, 0.25) is 5.91 Å². The van der Waals surface area contributed by atoms with Crippen LogP contribution in [0.3, 0.4) is 0 Å². The molecule has 2 bridgehead atoms. The minimum absolute atomic E-state index is 0.0746. The molecule has 0 radical (unpaired) electrons. The van der Waals surface area contributed by atoms with Crippen LogP contribution in [0.1, 0.15) is 26.2 Å². The van der Waals surface area contributed by atoms with Gasteiger partial charge < -0.3 is 15.4 Å². The predicted molar refractivity (Wildman–Crippen MR) is 66.4 cm³/mol. The fourth-order valence-electron chi connectivity index (χ4n) is 3.54. The van der Waals surface area contributed by atoms with Crippen LogP contribution in [0.25, 0.3) is 0 Å². The third-order valence-electron chi connectivity index (χ3n) is 4.52. The Morgan fingerprint density at radius 2 is 2.12 bits per heavy atom. The van der Waals surface area contributed by atoms with E-state index >= 15 is 0 Å². The first-order valence-electron chi connectivity index (χ1n) is 6.72. The van der Waals surface area contributed by atoms with Gasteiger partial charge in [0.25, 0.3) is 0 Å². The van der Waals surface area contributed by atoms with Crippen LogP contribution in [0.5, 0.6) is 0 Å². The van der Waals surface area contributed by atoms with E-state index < -0.39 is 0 Å². The fourth-order valence-corrected chi connectivity index (χ4v) is 3.54. The second-order valence-corrected chi connectivity index (χ2v) is 5.35. The van der Waals surface area contributed by atoms with Gasteiger partial charge >= 0.3 is 0 Å². The van der Waals surface area contributed by atoms with Crippen molar-refractivity contribution in [3.8, 4) is 0 Å². The second kappa shape index (κ2) is 5.36. The molecule has 0 aliphatic heterocycles. The number of nitrogens with two attached hydrogens (primary N) is 1. The Balaban J connectivity index is 1.98. The molecule has 0 heterocycles. The zero-order chi connectivity index (χ0) is 12.4. The predicted octanol–water partition coefficient (Wildman–Crippen LogP) is 0.855. The summed E-state index contributed by atoms with van der Waals surface area (Å²) in [5.41, 5.74) is 6.21. The Hall–Kier alpha value is -0.610. The monoisotopic (exact) mass is 240 g/mol. The number of fused-ring (bicyclic) bond motifs is 2. The zero-order valence-corrected chi connectivity index (χ0v) is 10.9. The van der Waals surface area contributed by atoms with Crippen molar-refractivity contribution >= 4 is 5.91 Å². The van der Waals surface area contributed by atoms with Crippen LogP contribution in [0.4, 0.5) is 0 Å². The highest BCUT2D eigenvalue weighted by Crippen LogP contribution is 2.48. The lowest BCUT2D eigenvalue weighted by Crippen LogP contribution is -2.47. The van der Waals surface area contributed by atoms with Gasteiger partial charge in [0.1, 0.15) is 0 Å². The summed E-state index contributed by atoms with van der Waals surface area (Å²) in [6.07, 6.45) is 3.58. The first kappa shape index (κ1) is 12.8. The summed E-state index contributed by atoms with van der Waals surface area (Å²) in [4.78, 5) is 14.4. The number of carbonyl (C=O) groups is 1. The summed E-state index contributed by atoms with van der Waals surface area (Å²) in [6, 6.07) is 0.0952. The smallest absolute Gasteiger partial charge is 0.227 e. The van der Waals surface area contributed by atoms with Gasteiger partial charge in [-0.05, 0) is 38.0 Å². The molecule has 4 unspecified atom stereocenters. The normalized spacial score (nSPS) is 35.2. The Bertz CT molecular complexity index is 281. The Morgan fingerprint density at radius 1 is 1.41 bits per heavy atom. The summed E-state index contributed by atoms with van der Waals surface area (Å²) in [6.45, 7) is 4.07. The standard InChI is InChI=1S/C13H24N2O2/c1-3-15(6-7-17-2)13(16)11-9-4-5-10(8-9)12(11)14/h9-12H,3-8,14H2,1-2H3. The number of hydrogen-bond donors (Lipinski definition) is 1. The van der Waals surface area contributed by atoms with Gasteiger partial charge in [0.15, 0.2) is 0 Å². The number of hydrogen-bond acceptors (Lipinski definition) is 3. The summed E-state index contributed by atoms with van der Waals surface area (Å²) in [7, 11) is 1.67. The third-order valence-corrected chi connectivity index (χ3v) is 4.52. The molecule has 4 atom stereocenters. The van der Waals surface area contributed by atoms with Crippen molar-refractivity contribution < 1.29 is 9.53 Å². The average Bonchev–Trinajstić information content (AvgIpc) is 2.90. The van der Waals surface area contributed by atoms with Crippen LogP contribution in [0.2, 0.25) is 0 Å².